The van der Waals surface area contributed by atoms with Crippen LogP contribution in [0.4, 0.5) is 21.0 Å². The summed E-state index contributed by atoms with van der Waals surface area (Å²) in [5.74, 6) is 0.693. The fraction of sp³-hybridized carbons (Fsp3) is 0.404. The largest absolute Gasteiger partial charge is 0.444 e. The number of carbonyl (C=O) groups excluding carboxylic acids is 1. The number of anilines is 2. The molecule has 0 spiro atoms. The number of halogens is 2. The van der Waals surface area contributed by atoms with Gasteiger partial charge in [-0.2, -0.15) is 10.1 Å². The van der Waals surface area contributed by atoms with Crippen molar-refractivity contribution in [2.24, 2.45) is 0 Å². The molecule has 7 aromatic rings. The van der Waals surface area contributed by atoms with Crippen molar-refractivity contribution in [1.82, 2.24) is 29.5 Å². The predicted molar refractivity (Wildman–Crippen MR) is 275 cm³/mol. The molecule has 4 aliphatic rings. The molecule has 356 valence electrons. The summed E-state index contributed by atoms with van der Waals surface area (Å²) in [6, 6.07) is 38.3. The zero-order chi connectivity index (χ0) is 47.8. The van der Waals surface area contributed by atoms with Crippen molar-refractivity contribution in [2.75, 3.05) is 36.4 Å². The molecule has 69 heavy (non-hydrogen) atoms. The Labute approximate surface area is 409 Å². The van der Waals surface area contributed by atoms with Crippen LogP contribution in [0.1, 0.15) is 107 Å². The fourth-order valence-electron chi connectivity index (χ4n) is 11.2. The van der Waals surface area contributed by atoms with E-state index in [4.69, 9.17) is 31.4 Å². The van der Waals surface area contributed by atoms with Crippen LogP contribution in [0.2, 0.25) is 5.02 Å². The quantitative estimate of drug-likeness (QED) is 0.136. The maximum atomic E-state index is 18.5. The van der Waals surface area contributed by atoms with Crippen molar-refractivity contribution in [1.29, 1.82) is 0 Å². The van der Waals surface area contributed by atoms with Crippen molar-refractivity contribution in [2.45, 2.75) is 121 Å². The first kappa shape index (κ1) is 45.4. The normalized spacial score (nSPS) is 19.7. The molecule has 10 nitrogen and oxygen atoms in total. The molecule has 1 N–H and O–H groups in total. The number of hydrogen-bond donors (Lipinski definition) is 1. The van der Waals surface area contributed by atoms with Gasteiger partial charge in [0, 0.05) is 78.2 Å². The molecule has 11 rings (SSSR count). The second-order valence-corrected chi connectivity index (χ2v) is 21.4. The van der Waals surface area contributed by atoms with E-state index in [9.17, 15) is 4.79 Å². The van der Waals surface area contributed by atoms with Gasteiger partial charge in [0.2, 0.25) is 5.95 Å². The van der Waals surface area contributed by atoms with E-state index in [0.29, 0.717) is 41.8 Å². The smallest absolute Gasteiger partial charge is 0.410 e. The summed E-state index contributed by atoms with van der Waals surface area (Å²) >= 11 is 7.56. The van der Waals surface area contributed by atoms with E-state index in [0.717, 1.165) is 83.2 Å². The molecule has 4 heterocycles. The minimum Gasteiger partial charge on any atom is -0.444 e. The highest BCUT2D eigenvalue weighted by molar-refractivity contribution is 6.35. The standard InChI is InChI=1S/C57H62ClFN8O2/c1-35-22-27-46-49(51(38-23-24-38)63-67(46)57(39-16-10-7-11-17-39,40-18-12-8-13-19-40)41-20-14-9-15-21-41)47(35)48-45(58)32-44-52(50(48)59)61-54(60-42-28-30-64(31-29-42)43-25-26-43)62-53(44)65-33-37(3)66(34-36(65)2)55(68)69-56(4,5)6/h7-22,27,32,36-38,42-43H,23-26,28-31,33-34H2,1-6H3,(H,60,61,62)/t36-,37-/m0/s1. The fourth-order valence-corrected chi connectivity index (χ4v) is 11.5. The van der Waals surface area contributed by atoms with Gasteiger partial charge in [0.05, 0.1) is 16.2 Å². The highest BCUT2D eigenvalue weighted by atomic mass is 35.5. The Kier molecular flexibility index (Phi) is 11.7. The van der Waals surface area contributed by atoms with Gasteiger partial charge in [-0.25, -0.2) is 18.9 Å². The number of aryl methyl sites for hydroxylation is 1. The molecule has 0 bridgehead atoms. The zero-order valence-electron chi connectivity index (χ0n) is 40.6. The Morgan fingerprint density at radius 3 is 1.94 bits per heavy atom. The third kappa shape index (κ3) is 8.29. The first-order chi connectivity index (χ1) is 33.3. The van der Waals surface area contributed by atoms with Gasteiger partial charge >= 0.3 is 6.09 Å². The minimum atomic E-state index is -0.883. The monoisotopic (exact) mass is 944 g/mol. The number of hydrogen-bond acceptors (Lipinski definition) is 8. The number of piperidine rings is 1. The van der Waals surface area contributed by atoms with Gasteiger partial charge in [-0.15, -0.1) is 0 Å². The van der Waals surface area contributed by atoms with Crippen molar-refractivity contribution in [3.63, 3.8) is 0 Å². The molecule has 1 amide bonds. The summed E-state index contributed by atoms with van der Waals surface area (Å²) in [6.45, 7) is 14.7. The molecule has 2 aromatic heterocycles. The van der Waals surface area contributed by atoms with E-state index < -0.39 is 17.0 Å². The molecule has 12 heteroatoms. The topological polar surface area (TPSA) is 91.7 Å². The second-order valence-electron chi connectivity index (χ2n) is 21.0. The van der Waals surface area contributed by atoms with Crippen LogP contribution < -0.4 is 10.2 Å². The van der Waals surface area contributed by atoms with Crippen LogP contribution in [-0.2, 0) is 10.3 Å². The third-order valence-electron chi connectivity index (χ3n) is 14.9. The van der Waals surface area contributed by atoms with Crippen LogP contribution in [0, 0.1) is 12.7 Å². The number of nitrogens with zero attached hydrogens (tertiary/aromatic N) is 7. The Morgan fingerprint density at radius 2 is 1.38 bits per heavy atom. The second kappa shape index (κ2) is 17.7. The highest BCUT2D eigenvalue weighted by Crippen LogP contribution is 2.52. The lowest BCUT2D eigenvalue weighted by molar-refractivity contribution is 0.0130. The van der Waals surface area contributed by atoms with Crippen LogP contribution in [0.5, 0.6) is 0 Å². The maximum Gasteiger partial charge on any atom is 0.410 e. The number of benzene rings is 5. The van der Waals surface area contributed by atoms with Crippen molar-refractivity contribution in [3.8, 4) is 11.1 Å². The Bertz CT molecular complexity index is 2940. The summed E-state index contributed by atoms with van der Waals surface area (Å²) in [6.07, 6.45) is 6.10. The van der Waals surface area contributed by atoms with E-state index >= 15 is 4.39 Å². The molecule has 0 unspecified atom stereocenters. The molecule has 4 fully saturated rings. The van der Waals surface area contributed by atoms with E-state index in [2.05, 4.69) is 112 Å². The van der Waals surface area contributed by atoms with Crippen molar-refractivity contribution >= 4 is 51.3 Å². The van der Waals surface area contributed by atoms with Crippen LogP contribution in [0.25, 0.3) is 32.9 Å². The summed E-state index contributed by atoms with van der Waals surface area (Å²) in [5, 5.41) is 11.1. The lowest BCUT2D eigenvalue weighted by Gasteiger charge is -2.45. The maximum absolute atomic E-state index is 18.5. The third-order valence-corrected chi connectivity index (χ3v) is 15.2. The predicted octanol–water partition coefficient (Wildman–Crippen LogP) is 12.3. The molecule has 5 aromatic carbocycles. The van der Waals surface area contributed by atoms with Crippen LogP contribution in [0.15, 0.2) is 109 Å². The van der Waals surface area contributed by atoms with Crippen LogP contribution in [0.3, 0.4) is 0 Å². The number of aromatic nitrogens is 4. The van der Waals surface area contributed by atoms with Gasteiger partial charge in [-0.05, 0) is 114 Å². The van der Waals surface area contributed by atoms with Crippen LogP contribution in [-0.4, -0.2) is 91.6 Å². The van der Waals surface area contributed by atoms with Gasteiger partial charge < -0.3 is 24.8 Å². The number of nitrogens with one attached hydrogen (secondary N) is 1. The van der Waals surface area contributed by atoms with Gasteiger partial charge in [0.25, 0.3) is 0 Å². The number of ether oxygens (including phenoxy) is 1. The number of likely N-dealkylation sites (tertiary alicyclic amines) is 1. The van der Waals surface area contributed by atoms with E-state index in [1.807, 2.05) is 58.9 Å². The first-order valence-corrected chi connectivity index (χ1v) is 25.3. The van der Waals surface area contributed by atoms with Gasteiger partial charge in [-0.3, -0.25) is 0 Å². The van der Waals surface area contributed by atoms with E-state index in [1.165, 1.54) is 12.8 Å². The van der Waals surface area contributed by atoms with Gasteiger partial charge in [-0.1, -0.05) is 109 Å². The van der Waals surface area contributed by atoms with Crippen molar-refractivity contribution in [3.05, 3.63) is 148 Å². The highest BCUT2D eigenvalue weighted by Gasteiger charge is 2.44. The molecule has 2 atom stereocenters. The Hall–Kier alpha value is -6.04. The summed E-state index contributed by atoms with van der Waals surface area (Å²) < 4.78 is 26.6. The Balaban J connectivity index is 1.10. The molecule has 2 saturated carbocycles. The molecule has 2 aliphatic heterocycles. The minimum absolute atomic E-state index is 0.141. The molecule has 0 radical (unpaired) electrons. The molecular weight excluding hydrogens is 883 g/mol. The number of piperazine rings is 1. The lowest BCUT2D eigenvalue weighted by atomic mass is 9.77. The number of carbonyl (C=O) groups is 1. The molecular formula is C57H62ClFN8O2. The van der Waals surface area contributed by atoms with Crippen LogP contribution >= 0.6 is 11.6 Å². The van der Waals surface area contributed by atoms with Gasteiger partial charge in [0.15, 0.2) is 5.82 Å². The van der Waals surface area contributed by atoms with Crippen molar-refractivity contribution < 1.29 is 13.9 Å². The molecule has 2 aliphatic carbocycles. The number of rotatable bonds is 10. The molecule has 2 saturated heterocycles. The average Bonchev–Trinajstić information content (AvgIpc) is 4.30. The average molecular weight is 946 g/mol. The summed E-state index contributed by atoms with van der Waals surface area (Å²) in [4.78, 5) is 30.4. The number of amides is 1. The van der Waals surface area contributed by atoms with E-state index in [1.54, 1.807) is 4.90 Å². The summed E-state index contributed by atoms with van der Waals surface area (Å²) in [5.41, 5.74) is 5.63. The van der Waals surface area contributed by atoms with Gasteiger partial charge in [0.1, 0.15) is 22.5 Å². The van der Waals surface area contributed by atoms with E-state index in [-0.39, 0.29) is 40.7 Å². The summed E-state index contributed by atoms with van der Waals surface area (Å²) in [7, 11) is 0. The SMILES string of the molecule is Cc1ccc2c(c(C3CC3)nn2C(c2ccccc2)(c2ccccc2)c2ccccc2)c1-c1c(Cl)cc2c(N3C[C@H](C)N(C(=O)OC(C)(C)C)C[C@@H]3C)nc(NC3CCN(C4CC4)CC3)nc2c1F. The Morgan fingerprint density at radius 1 is 0.768 bits per heavy atom. The lowest BCUT2D eigenvalue weighted by Crippen LogP contribution is -2.59. The zero-order valence-corrected chi connectivity index (χ0v) is 41.3. The number of fused-ring (bicyclic) bond motifs is 2. The first-order valence-electron chi connectivity index (χ1n) is 25.0.